The minimum atomic E-state index is -4.37. The van der Waals surface area contributed by atoms with Gasteiger partial charge in [-0.3, -0.25) is 9.58 Å². The Morgan fingerprint density at radius 3 is 2.60 bits per heavy atom. The smallest absolute Gasteiger partial charge is 0.378 e. The minimum Gasteiger partial charge on any atom is -0.378 e. The summed E-state index contributed by atoms with van der Waals surface area (Å²) in [6, 6.07) is 1.91. The Bertz CT molecular complexity index is 1010. The Morgan fingerprint density at radius 2 is 1.93 bits per heavy atom. The van der Waals surface area contributed by atoms with E-state index in [-0.39, 0.29) is 5.65 Å². The van der Waals surface area contributed by atoms with Gasteiger partial charge in [-0.2, -0.15) is 18.3 Å². The molecule has 1 aliphatic heterocycles. The van der Waals surface area contributed by atoms with Gasteiger partial charge in [0, 0.05) is 32.9 Å². The van der Waals surface area contributed by atoms with Crippen molar-refractivity contribution in [3.63, 3.8) is 0 Å². The number of rotatable bonds is 6. The van der Waals surface area contributed by atoms with Crippen LogP contribution in [0.25, 0.3) is 11.2 Å². The van der Waals surface area contributed by atoms with Crippen molar-refractivity contribution in [1.29, 1.82) is 0 Å². The first-order valence-corrected chi connectivity index (χ1v) is 9.57. The number of aromatic nitrogens is 6. The molecular weight excluding hydrogens is 401 g/mol. The molecule has 1 saturated heterocycles. The molecule has 0 spiro atoms. The SMILES string of the molecule is CN(Cc1nc(N2CCOCC2)c2ncn(CC(F)(F)F)c2n1)Cc1ccnn1C. The third kappa shape index (κ3) is 4.54. The van der Waals surface area contributed by atoms with Crippen LogP contribution in [-0.2, 0) is 31.4 Å². The van der Waals surface area contributed by atoms with Gasteiger partial charge in [-0.25, -0.2) is 15.0 Å². The second-order valence-corrected chi connectivity index (χ2v) is 7.34. The summed E-state index contributed by atoms with van der Waals surface area (Å²) in [6.45, 7) is 2.09. The third-order valence-electron chi connectivity index (χ3n) is 4.92. The fourth-order valence-corrected chi connectivity index (χ4v) is 3.48. The molecule has 4 heterocycles. The highest BCUT2D eigenvalue weighted by Crippen LogP contribution is 2.26. The number of hydrogen-bond donors (Lipinski definition) is 0. The molecule has 0 saturated carbocycles. The monoisotopic (exact) mass is 424 g/mol. The standard InChI is InChI=1S/C18H23F3N8O/c1-26(9-13-3-4-23-27(13)2)10-14-24-16(28-5-7-30-8-6-28)15-17(25-14)29(12-22-15)11-18(19,20)21/h3-4,12H,5-11H2,1-2H3. The molecule has 3 aromatic rings. The molecule has 12 heteroatoms. The van der Waals surface area contributed by atoms with E-state index >= 15 is 0 Å². The van der Waals surface area contributed by atoms with E-state index in [1.165, 1.54) is 6.33 Å². The molecule has 1 fully saturated rings. The van der Waals surface area contributed by atoms with Gasteiger partial charge in [-0.05, 0) is 13.1 Å². The quantitative estimate of drug-likeness (QED) is 0.595. The number of fused-ring (bicyclic) bond motifs is 1. The van der Waals surface area contributed by atoms with Crippen LogP contribution in [0.3, 0.4) is 0 Å². The predicted octanol–water partition coefficient (Wildman–Crippen LogP) is 1.59. The first kappa shape index (κ1) is 20.5. The average Bonchev–Trinajstić information content (AvgIpc) is 3.27. The Labute approximate surface area is 171 Å². The summed E-state index contributed by atoms with van der Waals surface area (Å²) < 4.78 is 47.3. The fraction of sp³-hybridized carbons (Fsp3) is 0.556. The largest absolute Gasteiger partial charge is 0.406 e. The Balaban J connectivity index is 1.67. The molecule has 162 valence electrons. The van der Waals surface area contributed by atoms with Gasteiger partial charge in [0.05, 0.1) is 31.8 Å². The zero-order valence-corrected chi connectivity index (χ0v) is 16.8. The van der Waals surface area contributed by atoms with Gasteiger partial charge >= 0.3 is 6.18 Å². The zero-order chi connectivity index (χ0) is 21.3. The van der Waals surface area contributed by atoms with Crippen LogP contribution < -0.4 is 4.90 Å². The maximum atomic E-state index is 13.0. The molecule has 0 atom stereocenters. The lowest BCUT2D eigenvalue weighted by Crippen LogP contribution is -2.37. The Hall–Kier alpha value is -2.73. The summed E-state index contributed by atoms with van der Waals surface area (Å²) in [7, 11) is 3.76. The molecule has 0 unspecified atom stereocenters. The van der Waals surface area contributed by atoms with E-state index in [0.717, 1.165) is 10.3 Å². The second-order valence-electron chi connectivity index (χ2n) is 7.34. The van der Waals surface area contributed by atoms with Gasteiger partial charge < -0.3 is 14.2 Å². The zero-order valence-electron chi connectivity index (χ0n) is 16.8. The van der Waals surface area contributed by atoms with Crippen molar-refractivity contribution < 1.29 is 17.9 Å². The van der Waals surface area contributed by atoms with E-state index < -0.39 is 12.7 Å². The van der Waals surface area contributed by atoms with E-state index in [1.807, 2.05) is 30.0 Å². The summed E-state index contributed by atoms with van der Waals surface area (Å²) >= 11 is 0. The first-order chi connectivity index (χ1) is 14.3. The molecule has 0 amide bonds. The number of ether oxygens (including phenoxy) is 1. The van der Waals surface area contributed by atoms with Crippen LogP contribution in [0, 0.1) is 0 Å². The van der Waals surface area contributed by atoms with E-state index in [4.69, 9.17) is 4.74 Å². The number of nitrogens with zero attached hydrogens (tertiary/aromatic N) is 8. The highest BCUT2D eigenvalue weighted by molar-refractivity contribution is 5.83. The molecule has 3 aromatic heterocycles. The maximum absolute atomic E-state index is 13.0. The number of hydrogen-bond acceptors (Lipinski definition) is 7. The average molecular weight is 424 g/mol. The normalized spacial score (nSPS) is 15.5. The van der Waals surface area contributed by atoms with Crippen molar-refractivity contribution in [3.8, 4) is 0 Å². The van der Waals surface area contributed by atoms with Crippen LogP contribution in [0.15, 0.2) is 18.6 Å². The summed E-state index contributed by atoms with van der Waals surface area (Å²) in [5.74, 6) is 0.991. The molecule has 9 nitrogen and oxygen atoms in total. The summed E-state index contributed by atoms with van der Waals surface area (Å²) in [4.78, 5) is 17.3. The molecule has 0 N–H and O–H groups in total. The molecule has 0 aromatic carbocycles. The van der Waals surface area contributed by atoms with Crippen LogP contribution in [0.4, 0.5) is 19.0 Å². The minimum absolute atomic E-state index is 0.188. The predicted molar refractivity (Wildman–Crippen MR) is 103 cm³/mol. The summed E-state index contributed by atoms with van der Waals surface area (Å²) in [6.07, 6.45) is -1.47. The van der Waals surface area contributed by atoms with Crippen molar-refractivity contribution >= 4 is 17.0 Å². The molecule has 0 aliphatic carbocycles. The molecule has 0 radical (unpaired) electrons. The van der Waals surface area contributed by atoms with Crippen molar-refractivity contribution in [2.75, 3.05) is 38.3 Å². The lowest BCUT2D eigenvalue weighted by molar-refractivity contribution is -0.140. The van der Waals surface area contributed by atoms with E-state index in [0.29, 0.717) is 56.6 Å². The van der Waals surface area contributed by atoms with E-state index in [1.54, 1.807) is 10.9 Å². The Morgan fingerprint density at radius 1 is 1.17 bits per heavy atom. The second kappa shape index (κ2) is 8.19. The molecular formula is C18H23F3N8O. The number of morpholine rings is 1. The summed E-state index contributed by atoms with van der Waals surface area (Å²) in [5, 5.41) is 4.15. The third-order valence-corrected chi connectivity index (χ3v) is 4.92. The van der Waals surface area contributed by atoms with Gasteiger partial charge in [0.15, 0.2) is 17.0 Å². The van der Waals surface area contributed by atoms with Crippen LogP contribution in [0.1, 0.15) is 11.5 Å². The lowest BCUT2D eigenvalue weighted by Gasteiger charge is -2.28. The highest BCUT2D eigenvalue weighted by atomic mass is 19.4. The number of halogens is 3. The molecule has 1 aliphatic rings. The van der Waals surface area contributed by atoms with Crippen molar-refractivity contribution in [1.82, 2.24) is 34.2 Å². The number of alkyl halides is 3. The van der Waals surface area contributed by atoms with Gasteiger partial charge in [-0.15, -0.1) is 0 Å². The van der Waals surface area contributed by atoms with Gasteiger partial charge in [0.2, 0.25) is 0 Å². The summed E-state index contributed by atoms with van der Waals surface area (Å²) in [5.41, 5.74) is 1.57. The van der Waals surface area contributed by atoms with Gasteiger partial charge in [0.1, 0.15) is 12.4 Å². The van der Waals surface area contributed by atoms with E-state index in [9.17, 15) is 13.2 Å². The number of anilines is 1. The van der Waals surface area contributed by atoms with Crippen LogP contribution in [0.2, 0.25) is 0 Å². The van der Waals surface area contributed by atoms with Crippen molar-refractivity contribution in [2.24, 2.45) is 7.05 Å². The van der Waals surface area contributed by atoms with Crippen molar-refractivity contribution in [3.05, 3.63) is 30.1 Å². The molecule has 30 heavy (non-hydrogen) atoms. The van der Waals surface area contributed by atoms with Crippen LogP contribution in [0.5, 0.6) is 0 Å². The van der Waals surface area contributed by atoms with Crippen LogP contribution >= 0.6 is 0 Å². The van der Waals surface area contributed by atoms with Gasteiger partial charge in [0.25, 0.3) is 0 Å². The fourth-order valence-electron chi connectivity index (χ4n) is 3.48. The van der Waals surface area contributed by atoms with Gasteiger partial charge in [-0.1, -0.05) is 0 Å². The molecule has 0 bridgehead atoms. The lowest BCUT2D eigenvalue weighted by atomic mass is 10.3. The first-order valence-electron chi connectivity index (χ1n) is 9.57. The van der Waals surface area contributed by atoms with Crippen LogP contribution in [-0.4, -0.2) is 73.7 Å². The number of imidazole rings is 1. The van der Waals surface area contributed by atoms with E-state index in [2.05, 4.69) is 20.1 Å². The Kier molecular flexibility index (Phi) is 5.60. The molecule has 4 rings (SSSR count). The highest BCUT2D eigenvalue weighted by Gasteiger charge is 2.30. The topological polar surface area (TPSA) is 77.1 Å². The van der Waals surface area contributed by atoms with Crippen molar-refractivity contribution in [2.45, 2.75) is 25.8 Å². The number of aryl methyl sites for hydroxylation is 1. The maximum Gasteiger partial charge on any atom is 0.406 e.